The molecule has 0 unspecified atom stereocenters. The van der Waals surface area contributed by atoms with Crippen molar-refractivity contribution in [1.29, 1.82) is 0 Å². The van der Waals surface area contributed by atoms with Crippen molar-refractivity contribution in [3.05, 3.63) is 99.3 Å². The van der Waals surface area contributed by atoms with Crippen molar-refractivity contribution in [2.24, 2.45) is 0 Å². The van der Waals surface area contributed by atoms with Gasteiger partial charge >= 0.3 is 0 Å². The number of carbonyl (C=O) groups excluding carboxylic acids is 1. The fourth-order valence-electron chi connectivity index (χ4n) is 3.60. The van der Waals surface area contributed by atoms with E-state index in [9.17, 15) is 9.59 Å². The number of halogens is 1. The second-order valence-electron chi connectivity index (χ2n) is 8.01. The van der Waals surface area contributed by atoms with Gasteiger partial charge in [-0.1, -0.05) is 79.7 Å². The summed E-state index contributed by atoms with van der Waals surface area (Å²) in [6.07, 6.45) is 0. The van der Waals surface area contributed by atoms with Gasteiger partial charge in [-0.2, -0.15) is 0 Å². The molecule has 3 aromatic carbocycles. The zero-order chi connectivity index (χ0) is 23.4. The molecule has 33 heavy (non-hydrogen) atoms. The maximum atomic E-state index is 13.3. The van der Waals surface area contributed by atoms with E-state index in [1.165, 1.54) is 11.8 Å². The van der Waals surface area contributed by atoms with Gasteiger partial charge in [-0.05, 0) is 47.4 Å². The molecule has 0 aliphatic carbocycles. The lowest BCUT2D eigenvalue weighted by molar-refractivity contribution is -0.113. The lowest BCUT2D eigenvalue weighted by atomic mass is 10.0. The number of amides is 1. The Bertz CT molecular complexity index is 1350. The first-order chi connectivity index (χ1) is 15.9. The summed E-state index contributed by atoms with van der Waals surface area (Å²) >= 11 is 7.26. The first-order valence-corrected chi connectivity index (χ1v) is 12.0. The zero-order valence-electron chi connectivity index (χ0n) is 18.4. The van der Waals surface area contributed by atoms with Gasteiger partial charge < -0.3 is 5.32 Å². The minimum Gasteiger partial charge on any atom is -0.325 e. The van der Waals surface area contributed by atoms with Crippen LogP contribution in [0.15, 0.2) is 82.7 Å². The van der Waals surface area contributed by atoms with Crippen LogP contribution in [0.25, 0.3) is 10.9 Å². The van der Waals surface area contributed by atoms with Crippen molar-refractivity contribution in [3.63, 3.8) is 0 Å². The number of benzene rings is 3. The molecule has 0 atom stereocenters. The number of thioether (sulfide) groups is 1. The van der Waals surface area contributed by atoms with E-state index in [-0.39, 0.29) is 17.2 Å². The van der Waals surface area contributed by atoms with Gasteiger partial charge in [0.15, 0.2) is 5.16 Å². The molecule has 5 nitrogen and oxygen atoms in total. The molecule has 7 heteroatoms. The zero-order valence-corrected chi connectivity index (χ0v) is 20.0. The van der Waals surface area contributed by atoms with Crippen LogP contribution in [0, 0.1) is 0 Å². The standard InChI is InChI=1S/C26H24ClN3O2S/c1-17(2)20-7-3-5-9-22(20)28-24(31)16-33-26-29-23-10-6-4-8-21(23)25(32)30(26)15-18-11-13-19(27)14-12-18/h3-14,17H,15-16H2,1-2H3,(H,28,31). The lowest BCUT2D eigenvalue weighted by Crippen LogP contribution is -2.25. The molecule has 0 radical (unpaired) electrons. The van der Waals surface area contributed by atoms with Gasteiger partial charge in [0.2, 0.25) is 5.91 Å². The third kappa shape index (κ3) is 5.46. The van der Waals surface area contributed by atoms with E-state index in [0.29, 0.717) is 33.5 Å². The minimum atomic E-state index is -0.145. The number of rotatable bonds is 7. The minimum absolute atomic E-state index is 0.136. The number of nitrogens with zero attached hydrogens (tertiary/aromatic N) is 2. The molecule has 0 fully saturated rings. The van der Waals surface area contributed by atoms with E-state index >= 15 is 0 Å². The van der Waals surface area contributed by atoms with Crippen molar-refractivity contribution < 1.29 is 4.79 Å². The number of fused-ring (bicyclic) bond motifs is 1. The molecular weight excluding hydrogens is 454 g/mol. The monoisotopic (exact) mass is 477 g/mol. The SMILES string of the molecule is CC(C)c1ccccc1NC(=O)CSc1nc2ccccc2c(=O)n1Cc1ccc(Cl)cc1. The van der Waals surface area contributed by atoms with Gasteiger partial charge in [0.05, 0.1) is 23.2 Å². The van der Waals surface area contributed by atoms with Gasteiger partial charge in [0.25, 0.3) is 5.56 Å². The molecule has 4 aromatic rings. The smallest absolute Gasteiger partial charge is 0.262 e. The van der Waals surface area contributed by atoms with Crippen LogP contribution in [0.4, 0.5) is 5.69 Å². The molecule has 1 amide bonds. The fraction of sp³-hybridized carbons (Fsp3) is 0.192. The van der Waals surface area contributed by atoms with Gasteiger partial charge in [-0.15, -0.1) is 0 Å². The van der Waals surface area contributed by atoms with Crippen molar-refractivity contribution >= 4 is 45.9 Å². The molecule has 0 saturated heterocycles. The lowest BCUT2D eigenvalue weighted by Gasteiger charge is -2.15. The number of hydrogen-bond donors (Lipinski definition) is 1. The van der Waals surface area contributed by atoms with Gasteiger partial charge in [-0.25, -0.2) is 4.98 Å². The molecule has 0 saturated carbocycles. The van der Waals surface area contributed by atoms with Crippen LogP contribution in [0.1, 0.15) is 30.9 Å². The maximum absolute atomic E-state index is 13.3. The van der Waals surface area contributed by atoms with Crippen LogP contribution >= 0.6 is 23.4 Å². The molecule has 0 spiro atoms. The molecule has 0 bridgehead atoms. The first kappa shape index (κ1) is 23.1. The Labute approximate surface area is 201 Å². The summed E-state index contributed by atoms with van der Waals surface area (Å²) < 4.78 is 1.62. The molecule has 168 valence electrons. The van der Waals surface area contributed by atoms with Crippen LogP contribution in [0.3, 0.4) is 0 Å². The number of hydrogen-bond acceptors (Lipinski definition) is 4. The normalized spacial score (nSPS) is 11.2. The van der Waals surface area contributed by atoms with Gasteiger partial charge in [0, 0.05) is 10.7 Å². The predicted octanol–water partition coefficient (Wildman–Crippen LogP) is 5.95. The highest BCUT2D eigenvalue weighted by Crippen LogP contribution is 2.25. The molecular formula is C26H24ClN3O2S. The highest BCUT2D eigenvalue weighted by molar-refractivity contribution is 7.99. The van der Waals surface area contributed by atoms with Crippen molar-refractivity contribution in [2.75, 3.05) is 11.1 Å². The highest BCUT2D eigenvalue weighted by Gasteiger charge is 2.15. The Morgan fingerprint density at radius 1 is 1.03 bits per heavy atom. The predicted molar refractivity (Wildman–Crippen MR) is 136 cm³/mol. The van der Waals surface area contributed by atoms with E-state index < -0.39 is 0 Å². The van der Waals surface area contributed by atoms with E-state index in [0.717, 1.165) is 16.8 Å². The Balaban J connectivity index is 1.60. The van der Waals surface area contributed by atoms with Crippen LogP contribution in [0.5, 0.6) is 0 Å². The summed E-state index contributed by atoms with van der Waals surface area (Å²) in [7, 11) is 0. The molecule has 1 N–H and O–H groups in total. The first-order valence-electron chi connectivity index (χ1n) is 10.7. The second kappa shape index (κ2) is 10.2. The molecule has 1 aromatic heterocycles. The summed E-state index contributed by atoms with van der Waals surface area (Å²) in [5.74, 6) is 0.284. The molecule has 4 rings (SSSR count). The van der Waals surface area contributed by atoms with Crippen LogP contribution < -0.4 is 10.9 Å². The number of anilines is 1. The third-order valence-corrected chi connectivity index (χ3v) is 6.50. The summed E-state index contributed by atoms with van der Waals surface area (Å²) in [4.78, 5) is 30.7. The molecule has 1 heterocycles. The van der Waals surface area contributed by atoms with E-state index in [2.05, 4.69) is 19.2 Å². The molecule has 0 aliphatic heterocycles. The van der Waals surface area contributed by atoms with E-state index in [1.54, 1.807) is 22.8 Å². The van der Waals surface area contributed by atoms with Crippen LogP contribution in [-0.2, 0) is 11.3 Å². The second-order valence-corrected chi connectivity index (χ2v) is 9.39. The fourth-order valence-corrected chi connectivity index (χ4v) is 4.52. The van der Waals surface area contributed by atoms with Gasteiger partial charge in [-0.3, -0.25) is 14.2 Å². The average Bonchev–Trinajstić information content (AvgIpc) is 2.81. The summed E-state index contributed by atoms with van der Waals surface area (Å²) in [6.45, 7) is 4.52. The Kier molecular flexibility index (Phi) is 7.16. The van der Waals surface area contributed by atoms with E-state index in [4.69, 9.17) is 16.6 Å². The Morgan fingerprint density at radius 2 is 1.73 bits per heavy atom. The topological polar surface area (TPSA) is 64.0 Å². The summed E-state index contributed by atoms with van der Waals surface area (Å²) in [5.41, 5.74) is 3.30. The van der Waals surface area contributed by atoms with Crippen LogP contribution in [-0.4, -0.2) is 21.2 Å². The maximum Gasteiger partial charge on any atom is 0.262 e. The van der Waals surface area contributed by atoms with Crippen molar-refractivity contribution in [2.45, 2.75) is 31.5 Å². The number of aromatic nitrogens is 2. The Morgan fingerprint density at radius 3 is 2.48 bits per heavy atom. The Hall–Kier alpha value is -3.09. The summed E-state index contributed by atoms with van der Waals surface area (Å²) in [6, 6.07) is 22.4. The molecule has 0 aliphatic rings. The third-order valence-electron chi connectivity index (χ3n) is 5.27. The van der Waals surface area contributed by atoms with E-state index in [1.807, 2.05) is 54.6 Å². The number of para-hydroxylation sites is 2. The van der Waals surface area contributed by atoms with Crippen LogP contribution in [0.2, 0.25) is 5.02 Å². The van der Waals surface area contributed by atoms with Crippen molar-refractivity contribution in [1.82, 2.24) is 9.55 Å². The highest BCUT2D eigenvalue weighted by atomic mass is 35.5. The van der Waals surface area contributed by atoms with Gasteiger partial charge in [0.1, 0.15) is 0 Å². The number of nitrogens with one attached hydrogen (secondary N) is 1. The van der Waals surface area contributed by atoms with Crippen molar-refractivity contribution in [3.8, 4) is 0 Å². The average molecular weight is 478 g/mol. The quantitative estimate of drug-likeness (QED) is 0.264. The summed E-state index contributed by atoms with van der Waals surface area (Å²) in [5, 5.41) is 4.68. The number of carbonyl (C=O) groups is 1. The largest absolute Gasteiger partial charge is 0.325 e.